The third kappa shape index (κ3) is 2.52. The number of anilines is 2. The second kappa shape index (κ2) is 4.28. The molecule has 0 unspecified atom stereocenters. The SMILES string of the molecule is CCC1(CNc2cc(C(=O)O)ccc2N)CC1. The summed E-state index contributed by atoms with van der Waals surface area (Å²) in [5, 5.41) is 12.2. The lowest BCUT2D eigenvalue weighted by Crippen LogP contribution is -2.15. The summed E-state index contributed by atoms with van der Waals surface area (Å²) in [6.07, 6.45) is 3.64. The van der Waals surface area contributed by atoms with Gasteiger partial charge in [0.2, 0.25) is 0 Å². The van der Waals surface area contributed by atoms with Gasteiger partial charge in [-0.15, -0.1) is 0 Å². The molecule has 0 saturated heterocycles. The van der Waals surface area contributed by atoms with E-state index in [1.807, 2.05) is 0 Å². The largest absolute Gasteiger partial charge is 0.478 e. The fourth-order valence-corrected chi connectivity index (χ4v) is 1.96. The van der Waals surface area contributed by atoms with E-state index in [9.17, 15) is 4.79 Å². The number of rotatable bonds is 5. The average Bonchev–Trinajstić information content (AvgIpc) is 3.08. The smallest absolute Gasteiger partial charge is 0.335 e. The minimum atomic E-state index is -0.926. The Morgan fingerprint density at radius 2 is 2.24 bits per heavy atom. The van der Waals surface area contributed by atoms with E-state index in [2.05, 4.69) is 12.2 Å². The zero-order chi connectivity index (χ0) is 12.5. The molecule has 17 heavy (non-hydrogen) atoms. The quantitative estimate of drug-likeness (QED) is 0.684. The van der Waals surface area contributed by atoms with Gasteiger partial charge >= 0.3 is 5.97 Å². The minimum absolute atomic E-state index is 0.267. The maximum absolute atomic E-state index is 10.9. The van der Waals surface area contributed by atoms with Crippen molar-refractivity contribution >= 4 is 17.3 Å². The third-order valence-corrected chi connectivity index (χ3v) is 3.66. The molecule has 2 rings (SSSR count). The highest BCUT2D eigenvalue weighted by Crippen LogP contribution is 2.48. The van der Waals surface area contributed by atoms with Crippen LogP contribution in [0.15, 0.2) is 18.2 Å². The van der Waals surface area contributed by atoms with Gasteiger partial charge in [-0.2, -0.15) is 0 Å². The number of carboxylic acids is 1. The Kier molecular flexibility index (Phi) is 2.96. The first kappa shape index (κ1) is 11.8. The summed E-state index contributed by atoms with van der Waals surface area (Å²) in [7, 11) is 0. The Bertz CT molecular complexity index is 439. The van der Waals surface area contributed by atoms with Crippen molar-refractivity contribution in [1.29, 1.82) is 0 Å². The van der Waals surface area contributed by atoms with Gasteiger partial charge in [0.15, 0.2) is 0 Å². The second-order valence-corrected chi connectivity index (χ2v) is 4.81. The summed E-state index contributed by atoms with van der Waals surface area (Å²) >= 11 is 0. The molecule has 1 aromatic carbocycles. The highest BCUT2D eigenvalue weighted by Gasteiger charge is 2.40. The van der Waals surface area contributed by atoms with Gasteiger partial charge in [0.25, 0.3) is 0 Å². The van der Waals surface area contributed by atoms with Crippen LogP contribution in [0.25, 0.3) is 0 Å². The molecule has 0 bridgehead atoms. The van der Waals surface area contributed by atoms with Gasteiger partial charge in [-0.3, -0.25) is 0 Å². The Morgan fingerprint density at radius 3 is 2.76 bits per heavy atom. The lowest BCUT2D eigenvalue weighted by molar-refractivity contribution is 0.0697. The molecular weight excluding hydrogens is 216 g/mol. The molecule has 1 saturated carbocycles. The second-order valence-electron chi connectivity index (χ2n) is 4.81. The van der Waals surface area contributed by atoms with Crippen LogP contribution in [0.3, 0.4) is 0 Å². The molecular formula is C13H18N2O2. The summed E-state index contributed by atoms with van der Waals surface area (Å²) in [6.45, 7) is 3.06. The van der Waals surface area contributed by atoms with Crippen LogP contribution in [0.2, 0.25) is 0 Å². The lowest BCUT2D eigenvalue weighted by Gasteiger charge is -2.16. The zero-order valence-corrected chi connectivity index (χ0v) is 9.99. The number of benzene rings is 1. The van der Waals surface area contributed by atoms with Crippen molar-refractivity contribution in [2.75, 3.05) is 17.6 Å². The molecule has 0 heterocycles. The molecule has 1 aliphatic rings. The van der Waals surface area contributed by atoms with Crippen molar-refractivity contribution in [3.8, 4) is 0 Å². The normalized spacial score (nSPS) is 16.5. The first-order valence-electron chi connectivity index (χ1n) is 5.93. The molecule has 4 heteroatoms. The molecule has 0 atom stereocenters. The monoisotopic (exact) mass is 234 g/mol. The molecule has 92 valence electrons. The fraction of sp³-hybridized carbons (Fsp3) is 0.462. The van der Waals surface area contributed by atoms with E-state index < -0.39 is 5.97 Å². The number of hydrogen-bond acceptors (Lipinski definition) is 3. The fourth-order valence-electron chi connectivity index (χ4n) is 1.96. The summed E-state index contributed by atoms with van der Waals surface area (Å²) in [4.78, 5) is 10.9. The average molecular weight is 234 g/mol. The first-order chi connectivity index (χ1) is 8.06. The van der Waals surface area contributed by atoms with Crippen LogP contribution in [0.1, 0.15) is 36.5 Å². The van der Waals surface area contributed by atoms with Gasteiger partial charge in [-0.25, -0.2) is 4.79 Å². The Hall–Kier alpha value is -1.71. The van der Waals surface area contributed by atoms with Gasteiger partial charge in [0, 0.05) is 6.54 Å². The number of nitrogens with two attached hydrogens (primary N) is 1. The van der Waals surface area contributed by atoms with E-state index in [0.717, 1.165) is 18.7 Å². The van der Waals surface area contributed by atoms with E-state index >= 15 is 0 Å². The highest BCUT2D eigenvalue weighted by molar-refractivity contribution is 5.90. The van der Waals surface area contributed by atoms with Crippen LogP contribution in [0, 0.1) is 5.41 Å². The lowest BCUT2D eigenvalue weighted by atomic mass is 10.0. The van der Waals surface area contributed by atoms with Crippen LogP contribution in [-0.2, 0) is 0 Å². The van der Waals surface area contributed by atoms with Crippen LogP contribution >= 0.6 is 0 Å². The first-order valence-corrected chi connectivity index (χ1v) is 5.93. The number of hydrogen-bond donors (Lipinski definition) is 3. The molecule has 4 nitrogen and oxygen atoms in total. The van der Waals surface area contributed by atoms with Crippen LogP contribution in [0.5, 0.6) is 0 Å². The molecule has 0 aliphatic heterocycles. The van der Waals surface area contributed by atoms with Crippen LogP contribution in [-0.4, -0.2) is 17.6 Å². The van der Waals surface area contributed by atoms with Crippen LogP contribution < -0.4 is 11.1 Å². The molecule has 1 fully saturated rings. The molecule has 0 spiro atoms. The Labute approximate surface area is 101 Å². The maximum Gasteiger partial charge on any atom is 0.335 e. The Balaban J connectivity index is 2.09. The summed E-state index contributed by atoms with van der Waals surface area (Å²) in [5.74, 6) is -0.926. The molecule has 0 amide bonds. The minimum Gasteiger partial charge on any atom is -0.478 e. The van der Waals surface area contributed by atoms with E-state index in [1.165, 1.54) is 18.9 Å². The predicted molar refractivity (Wildman–Crippen MR) is 68.3 cm³/mol. The molecule has 1 aromatic rings. The summed E-state index contributed by atoms with van der Waals surface area (Å²) in [5.41, 5.74) is 7.83. The molecule has 1 aliphatic carbocycles. The van der Waals surface area contributed by atoms with Crippen molar-refractivity contribution < 1.29 is 9.90 Å². The van der Waals surface area contributed by atoms with E-state index in [1.54, 1.807) is 12.1 Å². The zero-order valence-electron chi connectivity index (χ0n) is 9.99. The number of nitrogens with one attached hydrogen (secondary N) is 1. The third-order valence-electron chi connectivity index (χ3n) is 3.66. The van der Waals surface area contributed by atoms with Gasteiger partial charge in [0.05, 0.1) is 16.9 Å². The van der Waals surface area contributed by atoms with E-state index in [4.69, 9.17) is 10.8 Å². The van der Waals surface area contributed by atoms with E-state index in [-0.39, 0.29) is 5.56 Å². The number of carboxylic acid groups (broad SMARTS) is 1. The molecule has 0 radical (unpaired) electrons. The van der Waals surface area contributed by atoms with Gasteiger partial charge in [0.1, 0.15) is 0 Å². The van der Waals surface area contributed by atoms with Crippen molar-refractivity contribution in [3.63, 3.8) is 0 Å². The molecule has 0 aromatic heterocycles. The van der Waals surface area contributed by atoms with Crippen molar-refractivity contribution in [2.24, 2.45) is 5.41 Å². The van der Waals surface area contributed by atoms with Gasteiger partial charge < -0.3 is 16.2 Å². The van der Waals surface area contributed by atoms with Gasteiger partial charge in [-0.1, -0.05) is 6.92 Å². The number of aromatic carboxylic acids is 1. The van der Waals surface area contributed by atoms with E-state index in [0.29, 0.717) is 11.1 Å². The molecule has 4 N–H and O–H groups in total. The maximum atomic E-state index is 10.9. The topological polar surface area (TPSA) is 75.3 Å². The van der Waals surface area contributed by atoms with Gasteiger partial charge in [-0.05, 0) is 42.9 Å². The predicted octanol–water partition coefficient (Wildman–Crippen LogP) is 2.57. The number of carbonyl (C=O) groups is 1. The van der Waals surface area contributed by atoms with Crippen molar-refractivity contribution in [3.05, 3.63) is 23.8 Å². The Morgan fingerprint density at radius 1 is 1.53 bits per heavy atom. The standard InChI is InChI=1S/C13H18N2O2/c1-2-13(5-6-13)8-15-11-7-9(12(16)17)3-4-10(11)14/h3-4,7,15H,2,5-6,8,14H2,1H3,(H,16,17). The van der Waals surface area contributed by atoms with Crippen molar-refractivity contribution in [2.45, 2.75) is 26.2 Å². The summed E-state index contributed by atoms with van der Waals surface area (Å²) in [6, 6.07) is 4.76. The highest BCUT2D eigenvalue weighted by atomic mass is 16.4. The van der Waals surface area contributed by atoms with Crippen molar-refractivity contribution in [1.82, 2.24) is 0 Å². The summed E-state index contributed by atoms with van der Waals surface area (Å²) < 4.78 is 0. The van der Waals surface area contributed by atoms with Crippen LogP contribution in [0.4, 0.5) is 11.4 Å². The number of nitrogen functional groups attached to an aromatic ring is 1.